The lowest BCUT2D eigenvalue weighted by atomic mass is 9.94. The molecule has 1 aliphatic heterocycles. The predicted molar refractivity (Wildman–Crippen MR) is 160 cm³/mol. The van der Waals surface area contributed by atoms with Crippen LogP contribution in [-0.4, -0.2) is 43.8 Å². The van der Waals surface area contributed by atoms with Crippen LogP contribution in [0.4, 0.5) is 5.69 Å². The minimum Gasteiger partial charge on any atom is -0.480 e. The van der Waals surface area contributed by atoms with E-state index in [9.17, 15) is 25.4 Å². The Morgan fingerprint density at radius 2 is 1.43 bits per heavy atom. The highest BCUT2D eigenvalue weighted by Crippen LogP contribution is 2.40. The van der Waals surface area contributed by atoms with Gasteiger partial charge in [0.15, 0.2) is 11.3 Å². The molecule has 0 saturated heterocycles. The summed E-state index contributed by atoms with van der Waals surface area (Å²) in [7, 11) is 0. The van der Waals surface area contributed by atoms with Gasteiger partial charge in [-0.05, 0) is 55.8 Å². The third-order valence-electron chi connectivity index (χ3n) is 6.16. The van der Waals surface area contributed by atoms with Crippen LogP contribution in [0.25, 0.3) is 18.2 Å². The summed E-state index contributed by atoms with van der Waals surface area (Å²) in [4.78, 5) is 26.3. The molecule has 214 valence electrons. The molecule has 9 nitrogen and oxygen atoms in total. The topological polar surface area (TPSA) is 136 Å². The smallest absolute Gasteiger partial charge is 0.302 e. The molecule has 10 heteroatoms. The Bertz CT molecular complexity index is 1540. The summed E-state index contributed by atoms with van der Waals surface area (Å²) in [6.07, 6.45) is 7.68. The fraction of sp³-hybridized carbons (Fsp3) is 0.281. The van der Waals surface area contributed by atoms with E-state index in [-0.39, 0.29) is 42.1 Å². The zero-order valence-electron chi connectivity index (χ0n) is 23.8. The van der Waals surface area contributed by atoms with E-state index in [0.29, 0.717) is 18.7 Å². The first-order valence-electron chi connectivity index (χ1n) is 13.0. The number of nitriles is 3. The Morgan fingerprint density at radius 3 is 1.93 bits per heavy atom. The summed E-state index contributed by atoms with van der Waals surface area (Å²) in [5, 5.41) is 28.2. The van der Waals surface area contributed by atoms with E-state index >= 15 is 0 Å². The molecule has 0 saturated carbocycles. The number of hydrogen-bond donors (Lipinski definition) is 0. The number of ether oxygens (including phenoxy) is 3. The maximum absolute atomic E-state index is 11.1. The first-order chi connectivity index (χ1) is 20.1. The molecule has 2 heterocycles. The van der Waals surface area contributed by atoms with Crippen LogP contribution in [0, 0.1) is 34.0 Å². The fourth-order valence-electron chi connectivity index (χ4n) is 4.14. The highest BCUT2D eigenvalue weighted by Gasteiger charge is 2.38. The van der Waals surface area contributed by atoms with Gasteiger partial charge in [0.1, 0.15) is 42.6 Å². The molecule has 0 bridgehead atoms. The number of carbonyl (C=O) groups excluding carboxylic acids is 2. The van der Waals surface area contributed by atoms with Crippen molar-refractivity contribution in [2.45, 2.75) is 33.3 Å². The second kappa shape index (κ2) is 14.5. The van der Waals surface area contributed by atoms with E-state index in [4.69, 9.17) is 14.2 Å². The van der Waals surface area contributed by atoms with Crippen molar-refractivity contribution in [3.8, 4) is 18.2 Å². The van der Waals surface area contributed by atoms with Gasteiger partial charge in [0.05, 0.1) is 13.1 Å². The van der Waals surface area contributed by atoms with E-state index < -0.39 is 5.60 Å². The number of hydrogen-bond acceptors (Lipinski definition) is 10. The molecule has 1 aromatic carbocycles. The van der Waals surface area contributed by atoms with Crippen molar-refractivity contribution in [1.82, 2.24) is 0 Å². The molecule has 0 spiro atoms. The van der Waals surface area contributed by atoms with Crippen molar-refractivity contribution < 1.29 is 23.8 Å². The summed E-state index contributed by atoms with van der Waals surface area (Å²) in [6, 6.07) is 17.5. The summed E-state index contributed by atoms with van der Waals surface area (Å²) in [5.74, 6) is -0.678. The molecule has 0 radical (unpaired) electrons. The van der Waals surface area contributed by atoms with E-state index in [2.05, 4.69) is 6.07 Å². The standard InChI is InChI=1S/C32H30N4O5S/c1-22(37)39-17-15-36(16-18-40-23(2)38)26-8-5-24(6-9-26)7-10-27-11-12-28(42-27)13-14-30-29(21-35)31(25(19-33)20-34)41-32(30,3)4/h5-14H,15-18H2,1-4H3. The SMILES string of the molecule is CC(=O)OCCN(CCOC(C)=O)c1ccc(C=Cc2ccc(C=CC3=C(C#N)C(=C(C#N)C#N)OC3(C)C)s2)cc1. The number of benzene rings is 1. The lowest BCUT2D eigenvalue weighted by Gasteiger charge is -2.24. The van der Waals surface area contributed by atoms with Gasteiger partial charge in [-0.1, -0.05) is 24.3 Å². The third kappa shape index (κ3) is 8.44. The Hall–Kier alpha value is -5.11. The largest absolute Gasteiger partial charge is 0.480 e. The fourth-order valence-corrected chi connectivity index (χ4v) is 4.96. The Labute approximate surface area is 249 Å². The van der Waals surface area contributed by atoms with Crippen LogP contribution < -0.4 is 4.90 Å². The van der Waals surface area contributed by atoms with Gasteiger partial charge >= 0.3 is 11.9 Å². The average molecular weight is 583 g/mol. The van der Waals surface area contributed by atoms with E-state index in [0.717, 1.165) is 21.0 Å². The van der Waals surface area contributed by atoms with E-state index in [1.807, 2.05) is 59.5 Å². The van der Waals surface area contributed by atoms with Crippen LogP contribution in [0.1, 0.15) is 43.0 Å². The normalized spacial score (nSPS) is 13.8. The molecule has 0 amide bonds. The number of thiophene rings is 1. The zero-order valence-corrected chi connectivity index (χ0v) is 24.7. The van der Waals surface area contributed by atoms with Gasteiger partial charge in [0, 0.05) is 34.9 Å². The monoisotopic (exact) mass is 582 g/mol. The molecule has 0 N–H and O–H groups in total. The second-order valence-corrected chi connectivity index (χ2v) is 10.8. The average Bonchev–Trinajstić information content (AvgIpc) is 3.51. The molecule has 0 aliphatic carbocycles. The molecule has 1 aromatic heterocycles. The van der Waals surface area contributed by atoms with Gasteiger partial charge in [-0.2, -0.15) is 15.8 Å². The van der Waals surface area contributed by atoms with Gasteiger partial charge in [0.25, 0.3) is 0 Å². The van der Waals surface area contributed by atoms with Crippen LogP contribution in [0.3, 0.4) is 0 Å². The summed E-state index contributed by atoms with van der Waals surface area (Å²) in [6.45, 7) is 7.69. The third-order valence-corrected chi connectivity index (χ3v) is 7.17. The number of esters is 2. The molecular formula is C32H30N4O5S. The summed E-state index contributed by atoms with van der Waals surface area (Å²) >= 11 is 1.56. The second-order valence-electron chi connectivity index (χ2n) is 9.61. The minimum absolute atomic E-state index is 0.0184. The van der Waals surface area contributed by atoms with Crippen LogP contribution in [0.15, 0.2) is 65.0 Å². The minimum atomic E-state index is -0.863. The molecule has 0 atom stereocenters. The highest BCUT2D eigenvalue weighted by molar-refractivity contribution is 7.13. The summed E-state index contributed by atoms with van der Waals surface area (Å²) < 4.78 is 16.0. The molecule has 42 heavy (non-hydrogen) atoms. The van der Waals surface area contributed by atoms with Crippen molar-refractivity contribution in [1.29, 1.82) is 15.8 Å². The molecule has 2 aromatic rings. The molecule has 1 aliphatic rings. The summed E-state index contributed by atoms with van der Waals surface area (Å²) in [5.41, 5.74) is 1.60. The lowest BCUT2D eigenvalue weighted by molar-refractivity contribution is -0.141. The quantitative estimate of drug-likeness (QED) is 0.238. The first kappa shape index (κ1) is 31.4. The number of carbonyl (C=O) groups is 2. The van der Waals surface area contributed by atoms with Gasteiger partial charge < -0.3 is 19.1 Å². The van der Waals surface area contributed by atoms with Gasteiger partial charge in [-0.25, -0.2) is 0 Å². The van der Waals surface area contributed by atoms with Crippen molar-refractivity contribution in [2.75, 3.05) is 31.2 Å². The number of anilines is 1. The predicted octanol–water partition coefficient (Wildman–Crippen LogP) is 5.79. The van der Waals surface area contributed by atoms with Crippen molar-refractivity contribution in [3.05, 3.63) is 80.3 Å². The van der Waals surface area contributed by atoms with Gasteiger partial charge in [-0.15, -0.1) is 11.3 Å². The van der Waals surface area contributed by atoms with Gasteiger partial charge in [-0.3, -0.25) is 9.59 Å². The van der Waals surface area contributed by atoms with Crippen molar-refractivity contribution >= 4 is 47.2 Å². The van der Waals surface area contributed by atoms with Crippen LogP contribution in [0.2, 0.25) is 0 Å². The first-order valence-corrected chi connectivity index (χ1v) is 13.9. The van der Waals surface area contributed by atoms with Crippen molar-refractivity contribution in [2.24, 2.45) is 0 Å². The Morgan fingerprint density at radius 1 is 0.881 bits per heavy atom. The van der Waals surface area contributed by atoms with E-state index in [1.165, 1.54) is 13.8 Å². The number of rotatable bonds is 11. The molecule has 0 fully saturated rings. The van der Waals surface area contributed by atoms with Gasteiger partial charge in [0.2, 0.25) is 0 Å². The van der Waals surface area contributed by atoms with Crippen LogP contribution in [-0.2, 0) is 23.8 Å². The maximum Gasteiger partial charge on any atom is 0.302 e. The molecule has 0 unspecified atom stereocenters. The lowest BCUT2D eigenvalue weighted by Crippen LogP contribution is -2.31. The van der Waals surface area contributed by atoms with Crippen molar-refractivity contribution in [3.63, 3.8) is 0 Å². The molecular weight excluding hydrogens is 552 g/mol. The maximum atomic E-state index is 11.1. The Balaban J connectivity index is 1.72. The number of allylic oxidation sites excluding steroid dienone is 2. The Kier molecular flexibility index (Phi) is 10.8. The number of nitrogens with zero attached hydrogens (tertiary/aromatic N) is 4. The van der Waals surface area contributed by atoms with E-state index in [1.54, 1.807) is 43.4 Å². The van der Waals surface area contributed by atoms with Crippen LogP contribution in [0.5, 0.6) is 0 Å². The highest BCUT2D eigenvalue weighted by atomic mass is 32.1. The molecule has 3 rings (SSSR count). The van der Waals surface area contributed by atoms with Crippen LogP contribution >= 0.6 is 11.3 Å². The zero-order chi connectivity index (χ0) is 30.7.